The monoisotopic (exact) mass is 312 g/mol. The number of halogens is 3. The smallest absolute Gasteiger partial charge is 0.293 e. The van der Waals surface area contributed by atoms with Gasteiger partial charge in [0.05, 0.1) is 4.92 Å². The maximum atomic E-state index is 13.2. The molecule has 0 aromatic heterocycles. The fourth-order valence-electron chi connectivity index (χ4n) is 1.92. The quantitative estimate of drug-likeness (QED) is 0.657. The number of nitrogens with one attached hydrogen (secondary N) is 1. The first kappa shape index (κ1) is 15.2. The van der Waals surface area contributed by atoms with Crippen molar-refractivity contribution in [3.05, 3.63) is 68.7 Å². The van der Waals surface area contributed by atoms with Gasteiger partial charge in [-0.05, 0) is 36.8 Å². The Kier molecular flexibility index (Phi) is 4.37. The fraction of sp³-hybridized carbons (Fsp3) is 0.143. The van der Waals surface area contributed by atoms with E-state index in [2.05, 4.69) is 5.32 Å². The highest BCUT2D eigenvalue weighted by atomic mass is 35.5. The molecule has 0 amide bonds. The van der Waals surface area contributed by atoms with Gasteiger partial charge in [-0.25, -0.2) is 8.78 Å². The van der Waals surface area contributed by atoms with Crippen LogP contribution in [0.25, 0.3) is 0 Å². The summed E-state index contributed by atoms with van der Waals surface area (Å²) in [5, 5.41) is 14.1. The Morgan fingerprint density at radius 3 is 2.38 bits per heavy atom. The summed E-state index contributed by atoms with van der Waals surface area (Å²) in [5.74, 6) is -1.41. The third kappa shape index (κ3) is 3.66. The zero-order chi connectivity index (χ0) is 15.6. The summed E-state index contributed by atoms with van der Waals surface area (Å²) >= 11 is 5.72. The van der Waals surface area contributed by atoms with Gasteiger partial charge in [0.2, 0.25) is 0 Å². The van der Waals surface area contributed by atoms with Gasteiger partial charge in [0.15, 0.2) is 0 Å². The molecule has 1 unspecified atom stereocenters. The highest BCUT2D eigenvalue weighted by Crippen LogP contribution is 2.31. The van der Waals surface area contributed by atoms with E-state index in [0.29, 0.717) is 5.56 Å². The Hall–Kier alpha value is -2.21. The molecule has 21 heavy (non-hydrogen) atoms. The fourth-order valence-corrected chi connectivity index (χ4v) is 2.09. The van der Waals surface area contributed by atoms with Crippen molar-refractivity contribution in [2.24, 2.45) is 0 Å². The zero-order valence-corrected chi connectivity index (χ0v) is 11.7. The first-order valence-electron chi connectivity index (χ1n) is 6.03. The molecule has 110 valence electrons. The number of nitro benzene ring substituents is 1. The molecule has 0 aliphatic heterocycles. The Morgan fingerprint density at radius 1 is 1.19 bits per heavy atom. The molecule has 1 N–H and O–H groups in total. The minimum atomic E-state index is -0.704. The molecule has 1 atom stereocenters. The second-order valence-corrected chi connectivity index (χ2v) is 4.92. The molecule has 2 aromatic carbocycles. The van der Waals surface area contributed by atoms with Crippen LogP contribution in [0.3, 0.4) is 0 Å². The molecular weight excluding hydrogens is 302 g/mol. The maximum absolute atomic E-state index is 13.2. The number of hydrogen-bond donors (Lipinski definition) is 1. The first-order chi connectivity index (χ1) is 9.86. The average molecular weight is 313 g/mol. The summed E-state index contributed by atoms with van der Waals surface area (Å²) in [6.07, 6.45) is 0. The summed E-state index contributed by atoms with van der Waals surface area (Å²) in [4.78, 5) is 10.4. The third-order valence-electron chi connectivity index (χ3n) is 2.91. The van der Waals surface area contributed by atoms with E-state index < -0.39 is 22.6 Å². The van der Waals surface area contributed by atoms with Crippen molar-refractivity contribution < 1.29 is 13.7 Å². The van der Waals surface area contributed by atoms with Crippen molar-refractivity contribution in [2.75, 3.05) is 5.32 Å². The molecule has 0 saturated carbocycles. The third-order valence-corrected chi connectivity index (χ3v) is 3.15. The molecule has 0 fully saturated rings. The summed E-state index contributed by atoms with van der Waals surface area (Å²) in [6.45, 7) is 1.65. The number of benzene rings is 2. The second kappa shape index (κ2) is 6.05. The van der Waals surface area contributed by atoms with E-state index in [1.165, 1.54) is 30.3 Å². The van der Waals surface area contributed by atoms with E-state index in [1.54, 1.807) is 6.92 Å². The number of nitrogens with zero attached hydrogens (tertiary/aromatic N) is 1. The average Bonchev–Trinajstić information content (AvgIpc) is 2.39. The lowest BCUT2D eigenvalue weighted by molar-refractivity contribution is -0.384. The van der Waals surface area contributed by atoms with Gasteiger partial charge < -0.3 is 5.32 Å². The van der Waals surface area contributed by atoms with Gasteiger partial charge in [0.25, 0.3) is 5.69 Å². The van der Waals surface area contributed by atoms with Crippen LogP contribution >= 0.6 is 11.6 Å². The van der Waals surface area contributed by atoms with Gasteiger partial charge >= 0.3 is 0 Å². The van der Waals surface area contributed by atoms with Gasteiger partial charge in [-0.1, -0.05) is 11.6 Å². The lowest BCUT2D eigenvalue weighted by Crippen LogP contribution is -2.09. The van der Waals surface area contributed by atoms with E-state index in [4.69, 9.17) is 11.6 Å². The predicted molar refractivity (Wildman–Crippen MR) is 76.5 cm³/mol. The molecule has 2 aromatic rings. The highest BCUT2D eigenvalue weighted by Gasteiger charge is 2.17. The van der Waals surface area contributed by atoms with Gasteiger partial charge in [-0.3, -0.25) is 10.1 Å². The molecule has 4 nitrogen and oxygen atoms in total. The normalized spacial score (nSPS) is 12.0. The van der Waals surface area contributed by atoms with Crippen LogP contribution in [0.5, 0.6) is 0 Å². The molecule has 0 aliphatic rings. The Morgan fingerprint density at radius 2 is 1.81 bits per heavy atom. The van der Waals surface area contributed by atoms with E-state index in [1.807, 2.05) is 0 Å². The van der Waals surface area contributed by atoms with Crippen molar-refractivity contribution in [3.8, 4) is 0 Å². The second-order valence-electron chi connectivity index (χ2n) is 4.49. The largest absolute Gasteiger partial charge is 0.373 e. The summed E-state index contributed by atoms with van der Waals surface area (Å²) in [5.41, 5.74) is 0.365. The van der Waals surface area contributed by atoms with E-state index >= 15 is 0 Å². The molecule has 0 aliphatic carbocycles. The number of rotatable bonds is 4. The molecule has 0 spiro atoms. The van der Waals surface area contributed by atoms with Crippen LogP contribution in [-0.2, 0) is 0 Å². The topological polar surface area (TPSA) is 55.2 Å². The van der Waals surface area contributed by atoms with Gasteiger partial charge in [-0.2, -0.15) is 0 Å². The van der Waals surface area contributed by atoms with Gasteiger partial charge in [0, 0.05) is 23.2 Å². The molecular formula is C14H11ClF2N2O2. The Labute approximate surface area is 124 Å². The van der Waals surface area contributed by atoms with Crippen LogP contribution in [0.1, 0.15) is 18.5 Å². The number of hydrogen-bond acceptors (Lipinski definition) is 3. The van der Waals surface area contributed by atoms with Crippen molar-refractivity contribution >= 4 is 23.0 Å². The van der Waals surface area contributed by atoms with Crippen molar-refractivity contribution in [1.82, 2.24) is 0 Å². The maximum Gasteiger partial charge on any atom is 0.293 e. The molecule has 0 radical (unpaired) electrons. The van der Waals surface area contributed by atoms with Crippen molar-refractivity contribution in [3.63, 3.8) is 0 Å². The minimum Gasteiger partial charge on any atom is -0.373 e. The molecule has 0 heterocycles. The lowest BCUT2D eigenvalue weighted by Gasteiger charge is -2.16. The van der Waals surface area contributed by atoms with Crippen LogP contribution in [0, 0.1) is 21.7 Å². The summed E-state index contributed by atoms with van der Waals surface area (Å²) < 4.78 is 26.4. The van der Waals surface area contributed by atoms with Crippen LogP contribution in [-0.4, -0.2) is 4.92 Å². The van der Waals surface area contributed by atoms with Crippen molar-refractivity contribution in [1.29, 1.82) is 0 Å². The molecule has 0 saturated heterocycles. The van der Waals surface area contributed by atoms with E-state index in [9.17, 15) is 18.9 Å². The van der Waals surface area contributed by atoms with Crippen LogP contribution < -0.4 is 5.32 Å². The van der Waals surface area contributed by atoms with E-state index in [0.717, 1.165) is 6.07 Å². The minimum absolute atomic E-state index is 0.203. The number of nitro groups is 1. The van der Waals surface area contributed by atoms with Crippen LogP contribution in [0.2, 0.25) is 5.02 Å². The molecule has 0 bridgehead atoms. The molecule has 7 heteroatoms. The number of anilines is 1. The van der Waals surface area contributed by atoms with Crippen LogP contribution in [0.15, 0.2) is 36.4 Å². The predicted octanol–water partition coefficient (Wildman–Crippen LogP) is 4.70. The first-order valence-corrected chi connectivity index (χ1v) is 6.41. The van der Waals surface area contributed by atoms with Crippen molar-refractivity contribution in [2.45, 2.75) is 13.0 Å². The summed E-state index contributed by atoms with van der Waals surface area (Å²) in [6, 6.07) is 6.74. The summed E-state index contributed by atoms with van der Waals surface area (Å²) in [7, 11) is 0. The molecule has 2 rings (SSSR count). The Balaban J connectivity index is 2.31. The van der Waals surface area contributed by atoms with Gasteiger partial charge in [0.1, 0.15) is 17.3 Å². The Bertz CT molecular complexity index is 674. The highest BCUT2D eigenvalue weighted by molar-refractivity contribution is 6.30. The zero-order valence-electron chi connectivity index (χ0n) is 10.9. The SMILES string of the molecule is CC(Nc1ccc(Cl)cc1[N+](=O)[O-])c1cc(F)cc(F)c1. The lowest BCUT2D eigenvalue weighted by atomic mass is 10.1. The van der Waals surface area contributed by atoms with E-state index in [-0.39, 0.29) is 16.4 Å². The van der Waals surface area contributed by atoms with Gasteiger partial charge in [-0.15, -0.1) is 0 Å². The van der Waals surface area contributed by atoms with Crippen LogP contribution in [0.4, 0.5) is 20.2 Å². The standard InChI is InChI=1S/C14H11ClF2N2O2/c1-8(9-4-11(16)7-12(17)5-9)18-13-3-2-10(15)6-14(13)19(20)21/h2-8,18H,1H3.